The number of aryl methyl sites for hydroxylation is 1. The molecule has 0 aliphatic rings. The Bertz CT molecular complexity index is 1140. The Hall–Kier alpha value is -3.33. The first-order valence-corrected chi connectivity index (χ1v) is 11.0. The molecule has 0 saturated carbocycles. The number of ether oxygens (including phenoxy) is 2. The Kier molecular flexibility index (Phi) is 6.51. The Labute approximate surface area is 184 Å². The van der Waals surface area contributed by atoms with E-state index in [1.54, 1.807) is 0 Å². The van der Waals surface area contributed by atoms with Gasteiger partial charge in [0.1, 0.15) is 17.3 Å². The summed E-state index contributed by atoms with van der Waals surface area (Å²) in [5, 5.41) is 13.4. The maximum Gasteiger partial charge on any atom is 0.237 e. The quantitative estimate of drug-likeness (QED) is 0.348. The molecule has 0 aliphatic heterocycles. The summed E-state index contributed by atoms with van der Waals surface area (Å²) >= 11 is 1.48. The van der Waals surface area contributed by atoms with Crippen molar-refractivity contribution in [1.29, 1.82) is 0 Å². The minimum Gasteiger partial charge on any atom is -0.494 e. The molecule has 2 heterocycles. The molecule has 31 heavy (non-hydrogen) atoms. The van der Waals surface area contributed by atoms with E-state index in [9.17, 15) is 0 Å². The van der Waals surface area contributed by atoms with Gasteiger partial charge in [-0.25, -0.2) is 0 Å². The first-order chi connectivity index (χ1) is 15.2. The van der Waals surface area contributed by atoms with Gasteiger partial charge in [0.15, 0.2) is 5.16 Å². The fourth-order valence-electron chi connectivity index (χ4n) is 3.07. The number of benzene rings is 2. The molecule has 0 saturated heterocycles. The van der Waals surface area contributed by atoms with Crippen LogP contribution in [0.15, 0.2) is 58.2 Å². The van der Waals surface area contributed by atoms with E-state index in [0.717, 1.165) is 33.7 Å². The summed E-state index contributed by atoms with van der Waals surface area (Å²) in [6, 6.07) is 15.5. The number of hydrogen-bond acceptors (Lipinski definition) is 8. The molecule has 8 nitrogen and oxygen atoms in total. The molecule has 160 valence electrons. The number of thioether (sulfide) groups is 1. The van der Waals surface area contributed by atoms with Gasteiger partial charge in [-0.2, -0.15) is 4.98 Å². The predicted octanol–water partition coefficient (Wildman–Crippen LogP) is 4.72. The lowest BCUT2D eigenvalue weighted by molar-refractivity contribution is 0.340. The van der Waals surface area contributed by atoms with Gasteiger partial charge in [0.25, 0.3) is 0 Å². The van der Waals surface area contributed by atoms with E-state index in [-0.39, 0.29) is 0 Å². The lowest BCUT2D eigenvalue weighted by Gasteiger charge is -2.09. The standard InChI is InChI=1S/C22H23N5O3S/c1-4-28-17-12-10-16(11-13-17)27-15(3)24-25-22(27)31-14-20-23-21(26-30-20)18-8-6-7-9-19(18)29-5-2/h6-13H,4-5,14H2,1-3H3. The molecule has 0 amide bonds. The molecule has 4 aromatic rings. The van der Waals surface area contributed by atoms with Crippen molar-refractivity contribution in [3.8, 4) is 28.6 Å². The highest BCUT2D eigenvalue weighted by molar-refractivity contribution is 7.98. The minimum absolute atomic E-state index is 0.471. The lowest BCUT2D eigenvalue weighted by atomic mass is 10.2. The minimum atomic E-state index is 0.471. The number of hydrogen-bond donors (Lipinski definition) is 0. The summed E-state index contributed by atoms with van der Waals surface area (Å²) in [6.45, 7) is 7.02. The maximum atomic E-state index is 5.66. The molecule has 0 bridgehead atoms. The van der Waals surface area contributed by atoms with Crippen molar-refractivity contribution < 1.29 is 14.0 Å². The van der Waals surface area contributed by atoms with Gasteiger partial charge in [0, 0.05) is 5.69 Å². The van der Waals surface area contributed by atoms with Crippen LogP contribution in [-0.2, 0) is 5.75 Å². The van der Waals surface area contributed by atoms with E-state index in [1.807, 2.05) is 73.9 Å². The normalized spacial score (nSPS) is 10.9. The molecule has 0 spiro atoms. The Balaban J connectivity index is 1.50. The van der Waals surface area contributed by atoms with Crippen LogP contribution in [0.4, 0.5) is 0 Å². The summed E-state index contributed by atoms with van der Waals surface area (Å²) in [7, 11) is 0. The van der Waals surface area contributed by atoms with Gasteiger partial charge in [-0.3, -0.25) is 4.57 Å². The summed E-state index contributed by atoms with van der Waals surface area (Å²) < 4.78 is 18.6. The molecule has 2 aromatic carbocycles. The van der Waals surface area contributed by atoms with Crippen molar-refractivity contribution in [2.75, 3.05) is 13.2 Å². The fourth-order valence-corrected chi connectivity index (χ4v) is 3.91. The van der Waals surface area contributed by atoms with Crippen LogP contribution in [0.5, 0.6) is 11.5 Å². The molecular weight excluding hydrogens is 414 g/mol. The first-order valence-electron chi connectivity index (χ1n) is 10.0. The molecule has 0 unspecified atom stereocenters. The molecule has 2 aromatic heterocycles. The van der Waals surface area contributed by atoms with Gasteiger partial charge in [-0.15, -0.1) is 10.2 Å². The van der Waals surface area contributed by atoms with Gasteiger partial charge in [-0.1, -0.05) is 29.1 Å². The third-order valence-corrected chi connectivity index (χ3v) is 5.34. The molecule has 0 N–H and O–H groups in total. The zero-order valence-electron chi connectivity index (χ0n) is 17.6. The second-order valence-electron chi connectivity index (χ2n) is 6.52. The van der Waals surface area contributed by atoms with Gasteiger partial charge < -0.3 is 14.0 Å². The Morgan fingerprint density at radius 2 is 1.74 bits per heavy atom. The van der Waals surface area contributed by atoms with Crippen LogP contribution in [0, 0.1) is 6.92 Å². The SMILES string of the molecule is CCOc1ccc(-n2c(C)nnc2SCc2nc(-c3ccccc3OCC)no2)cc1. The van der Waals surface area contributed by atoms with E-state index < -0.39 is 0 Å². The van der Waals surface area contributed by atoms with Gasteiger partial charge in [0.2, 0.25) is 11.7 Å². The molecule has 0 fully saturated rings. The van der Waals surface area contributed by atoms with Crippen molar-refractivity contribution in [2.24, 2.45) is 0 Å². The topological polar surface area (TPSA) is 88.1 Å². The monoisotopic (exact) mass is 437 g/mol. The third kappa shape index (κ3) is 4.72. The smallest absolute Gasteiger partial charge is 0.237 e. The zero-order valence-corrected chi connectivity index (χ0v) is 18.4. The highest BCUT2D eigenvalue weighted by Gasteiger charge is 2.16. The highest BCUT2D eigenvalue weighted by Crippen LogP contribution is 2.30. The first kappa shape index (κ1) is 20.9. The second kappa shape index (κ2) is 9.65. The number of aromatic nitrogens is 5. The van der Waals surface area contributed by atoms with Gasteiger partial charge in [0.05, 0.1) is 24.5 Å². The van der Waals surface area contributed by atoms with Crippen LogP contribution >= 0.6 is 11.8 Å². The van der Waals surface area contributed by atoms with Crippen LogP contribution < -0.4 is 9.47 Å². The largest absolute Gasteiger partial charge is 0.494 e. The van der Waals surface area contributed by atoms with Crippen LogP contribution in [-0.4, -0.2) is 38.1 Å². The van der Waals surface area contributed by atoms with Crippen LogP contribution in [0.25, 0.3) is 17.1 Å². The maximum absolute atomic E-state index is 5.66. The van der Waals surface area contributed by atoms with E-state index in [4.69, 9.17) is 14.0 Å². The van der Waals surface area contributed by atoms with E-state index in [0.29, 0.717) is 30.7 Å². The molecule has 4 rings (SSSR count). The Morgan fingerprint density at radius 3 is 2.52 bits per heavy atom. The summed E-state index contributed by atoms with van der Waals surface area (Å²) in [5.41, 5.74) is 1.77. The van der Waals surface area contributed by atoms with Gasteiger partial charge >= 0.3 is 0 Å². The molecule has 0 aliphatic carbocycles. The zero-order chi connectivity index (χ0) is 21.6. The molecule has 0 radical (unpaired) electrons. The Morgan fingerprint density at radius 1 is 0.968 bits per heavy atom. The van der Waals surface area contributed by atoms with Gasteiger partial charge in [-0.05, 0) is 57.2 Å². The molecule has 9 heteroatoms. The van der Waals surface area contributed by atoms with Crippen molar-refractivity contribution in [2.45, 2.75) is 31.7 Å². The van der Waals surface area contributed by atoms with Crippen molar-refractivity contribution in [3.05, 3.63) is 60.2 Å². The average Bonchev–Trinajstić information content (AvgIpc) is 3.40. The summed E-state index contributed by atoms with van der Waals surface area (Å²) in [4.78, 5) is 4.53. The number of para-hydroxylation sites is 1. The lowest BCUT2D eigenvalue weighted by Crippen LogP contribution is -2.00. The van der Waals surface area contributed by atoms with Crippen molar-refractivity contribution >= 4 is 11.8 Å². The van der Waals surface area contributed by atoms with Crippen molar-refractivity contribution in [1.82, 2.24) is 24.9 Å². The van der Waals surface area contributed by atoms with Crippen molar-refractivity contribution in [3.63, 3.8) is 0 Å². The predicted molar refractivity (Wildman–Crippen MR) is 118 cm³/mol. The average molecular weight is 438 g/mol. The van der Waals surface area contributed by atoms with E-state index >= 15 is 0 Å². The van der Waals surface area contributed by atoms with E-state index in [2.05, 4.69) is 20.3 Å². The van der Waals surface area contributed by atoms with E-state index in [1.165, 1.54) is 11.8 Å². The second-order valence-corrected chi connectivity index (χ2v) is 7.46. The van der Waals surface area contributed by atoms with Crippen LogP contribution in [0.1, 0.15) is 25.6 Å². The highest BCUT2D eigenvalue weighted by atomic mass is 32.2. The molecule has 0 atom stereocenters. The van der Waals surface area contributed by atoms with Crippen LogP contribution in [0.2, 0.25) is 0 Å². The van der Waals surface area contributed by atoms with Crippen LogP contribution in [0.3, 0.4) is 0 Å². The summed E-state index contributed by atoms with van der Waals surface area (Å²) in [5.74, 6) is 3.84. The third-order valence-electron chi connectivity index (χ3n) is 4.42. The fraction of sp³-hybridized carbons (Fsp3) is 0.273. The number of rotatable bonds is 9. The summed E-state index contributed by atoms with van der Waals surface area (Å²) in [6.07, 6.45) is 0. The molecular formula is C22H23N5O3S. The number of nitrogens with zero attached hydrogens (tertiary/aromatic N) is 5.